The third-order valence-corrected chi connectivity index (χ3v) is 6.64. The highest BCUT2D eigenvalue weighted by molar-refractivity contribution is 5.84. The highest BCUT2D eigenvalue weighted by Gasteiger charge is 2.58. The Morgan fingerprint density at radius 2 is 2.00 bits per heavy atom. The van der Waals surface area contributed by atoms with Crippen molar-refractivity contribution in [2.24, 2.45) is 5.92 Å². The van der Waals surface area contributed by atoms with Gasteiger partial charge in [0.15, 0.2) is 0 Å². The summed E-state index contributed by atoms with van der Waals surface area (Å²) in [6.45, 7) is 2.52. The van der Waals surface area contributed by atoms with Crippen LogP contribution in [0.15, 0.2) is 0 Å². The molecule has 0 aromatic heterocycles. The van der Waals surface area contributed by atoms with E-state index in [2.05, 4.69) is 11.8 Å². The van der Waals surface area contributed by atoms with Gasteiger partial charge in [0, 0.05) is 30.0 Å². The molecule has 0 radical (unpaired) electrons. The van der Waals surface area contributed by atoms with Crippen molar-refractivity contribution in [1.29, 1.82) is 0 Å². The lowest BCUT2D eigenvalue weighted by Gasteiger charge is -2.55. The summed E-state index contributed by atoms with van der Waals surface area (Å²) in [5.74, 6) is 0.805. The zero-order valence-corrected chi connectivity index (χ0v) is 14.2. The Morgan fingerprint density at radius 3 is 2.77 bits per heavy atom. The lowest BCUT2D eigenvalue weighted by atomic mass is 9.65. The molecule has 3 fully saturated rings. The minimum absolute atomic E-state index is 0.121. The number of piperidine rings is 1. The quantitative estimate of drug-likeness (QED) is 0.761. The molecule has 1 aliphatic carbocycles. The van der Waals surface area contributed by atoms with Crippen LogP contribution in [0.1, 0.15) is 84.0 Å². The number of hydrogen-bond acceptors (Lipinski definition) is 3. The number of rotatable bonds is 6. The van der Waals surface area contributed by atoms with Crippen LogP contribution in [0.3, 0.4) is 0 Å². The maximum atomic E-state index is 12.8. The van der Waals surface area contributed by atoms with Crippen molar-refractivity contribution in [1.82, 2.24) is 4.90 Å². The van der Waals surface area contributed by atoms with Gasteiger partial charge in [0.2, 0.25) is 0 Å². The Hall–Kier alpha value is -0.410. The zero-order chi connectivity index (χ0) is 15.6. The molecule has 4 atom stereocenters. The van der Waals surface area contributed by atoms with E-state index in [9.17, 15) is 9.90 Å². The summed E-state index contributed by atoms with van der Waals surface area (Å²) in [7, 11) is 0. The van der Waals surface area contributed by atoms with Gasteiger partial charge in [-0.2, -0.15) is 0 Å². The monoisotopic (exact) mass is 307 g/mol. The summed E-state index contributed by atoms with van der Waals surface area (Å²) < 4.78 is 0. The average Bonchev–Trinajstić information content (AvgIpc) is 2.90. The summed E-state index contributed by atoms with van der Waals surface area (Å²) >= 11 is 0. The molecule has 22 heavy (non-hydrogen) atoms. The number of Topliss-reactive ketones (excluding diaryl/α,β-unsaturated/α-hetero) is 1. The van der Waals surface area contributed by atoms with E-state index in [0.29, 0.717) is 17.9 Å². The molecule has 0 aromatic carbocycles. The second-order valence-electron chi connectivity index (χ2n) is 7.86. The van der Waals surface area contributed by atoms with Crippen molar-refractivity contribution < 1.29 is 9.90 Å². The van der Waals surface area contributed by atoms with Gasteiger partial charge in [-0.05, 0) is 32.1 Å². The molecule has 0 unspecified atom stereocenters. The standard InChI is InChI=1S/C19H33NO2/c1-2-3-4-5-8-15-13-18(22)17-9-6-7-11-19(17)12-10-16(14-21)20(15)19/h15-17,21H,2-14H2,1H3/t15-,16-,17+,19+/m1/s1. The molecular formula is C19H33NO2. The van der Waals surface area contributed by atoms with Gasteiger partial charge in [0.1, 0.15) is 5.78 Å². The molecule has 1 saturated carbocycles. The Kier molecular flexibility index (Phi) is 5.24. The Bertz CT molecular complexity index is 397. The molecular weight excluding hydrogens is 274 g/mol. The van der Waals surface area contributed by atoms with Crippen LogP contribution in [0, 0.1) is 5.92 Å². The molecule has 0 amide bonds. The van der Waals surface area contributed by atoms with Gasteiger partial charge < -0.3 is 5.11 Å². The largest absolute Gasteiger partial charge is 0.395 e. The van der Waals surface area contributed by atoms with Crippen LogP contribution in [0.25, 0.3) is 0 Å². The second kappa shape index (κ2) is 7.00. The topological polar surface area (TPSA) is 40.5 Å². The van der Waals surface area contributed by atoms with Crippen LogP contribution in [0.4, 0.5) is 0 Å². The van der Waals surface area contributed by atoms with Crippen molar-refractivity contribution in [2.45, 2.75) is 102 Å². The van der Waals surface area contributed by atoms with E-state index in [0.717, 1.165) is 32.1 Å². The van der Waals surface area contributed by atoms with E-state index in [1.807, 2.05) is 0 Å². The summed E-state index contributed by atoms with van der Waals surface area (Å²) in [6.07, 6.45) is 14.0. The van der Waals surface area contributed by atoms with Crippen LogP contribution < -0.4 is 0 Å². The molecule has 2 aliphatic heterocycles. The fourth-order valence-corrected chi connectivity index (χ4v) is 5.70. The highest BCUT2D eigenvalue weighted by Crippen LogP contribution is 2.53. The normalized spacial score (nSPS) is 38.8. The van der Waals surface area contributed by atoms with Gasteiger partial charge >= 0.3 is 0 Å². The number of carbonyl (C=O) groups excluding carboxylic acids is 1. The summed E-state index contributed by atoms with van der Waals surface area (Å²) in [6, 6.07) is 0.711. The Morgan fingerprint density at radius 1 is 1.14 bits per heavy atom. The highest BCUT2D eigenvalue weighted by atomic mass is 16.3. The fourth-order valence-electron chi connectivity index (χ4n) is 5.70. The van der Waals surface area contributed by atoms with Crippen molar-refractivity contribution in [3.8, 4) is 0 Å². The minimum Gasteiger partial charge on any atom is -0.395 e. The molecule has 0 bridgehead atoms. The third-order valence-electron chi connectivity index (χ3n) is 6.64. The van der Waals surface area contributed by atoms with Crippen LogP contribution >= 0.6 is 0 Å². The molecule has 3 aliphatic rings. The molecule has 0 aromatic rings. The van der Waals surface area contributed by atoms with Crippen molar-refractivity contribution in [3.63, 3.8) is 0 Å². The van der Waals surface area contributed by atoms with Crippen LogP contribution in [0.2, 0.25) is 0 Å². The van der Waals surface area contributed by atoms with Gasteiger partial charge in [-0.25, -0.2) is 0 Å². The Balaban J connectivity index is 1.77. The minimum atomic E-state index is 0.121. The van der Waals surface area contributed by atoms with E-state index < -0.39 is 0 Å². The smallest absolute Gasteiger partial charge is 0.139 e. The maximum absolute atomic E-state index is 12.8. The molecule has 3 nitrogen and oxygen atoms in total. The first-order valence-electron chi connectivity index (χ1n) is 9.65. The molecule has 3 rings (SSSR count). The molecule has 126 valence electrons. The summed E-state index contributed by atoms with van der Waals surface area (Å²) in [4.78, 5) is 15.4. The van der Waals surface area contributed by atoms with Crippen molar-refractivity contribution in [2.75, 3.05) is 6.61 Å². The number of aliphatic hydroxyl groups excluding tert-OH is 1. The molecule has 1 N–H and O–H groups in total. The SMILES string of the molecule is CCCCCC[C@@H]1CC(=O)[C@@H]2CCCC[C@]23CC[C@H](CO)N13. The zero-order valence-electron chi connectivity index (χ0n) is 14.2. The fraction of sp³-hybridized carbons (Fsp3) is 0.947. The van der Waals surface area contributed by atoms with Crippen LogP contribution in [-0.2, 0) is 4.79 Å². The van der Waals surface area contributed by atoms with E-state index in [4.69, 9.17) is 0 Å². The van der Waals surface area contributed by atoms with Crippen LogP contribution in [-0.4, -0.2) is 40.0 Å². The van der Waals surface area contributed by atoms with E-state index in [1.54, 1.807) is 0 Å². The van der Waals surface area contributed by atoms with Crippen LogP contribution in [0.5, 0.6) is 0 Å². The first-order chi connectivity index (χ1) is 10.7. The van der Waals surface area contributed by atoms with E-state index in [-0.39, 0.29) is 18.1 Å². The Labute approximate surface area is 135 Å². The number of aliphatic hydroxyl groups is 1. The summed E-state index contributed by atoms with van der Waals surface area (Å²) in [5.41, 5.74) is 0.121. The number of nitrogens with zero attached hydrogens (tertiary/aromatic N) is 1. The first kappa shape index (κ1) is 16.4. The predicted molar refractivity (Wildman–Crippen MR) is 88.8 cm³/mol. The number of ketones is 1. The predicted octanol–water partition coefficient (Wildman–Crippen LogP) is 3.68. The number of hydrogen-bond donors (Lipinski definition) is 1. The van der Waals surface area contributed by atoms with Crippen molar-refractivity contribution >= 4 is 5.78 Å². The number of carbonyl (C=O) groups is 1. The van der Waals surface area contributed by atoms with Gasteiger partial charge in [-0.3, -0.25) is 9.69 Å². The maximum Gasteiger partial charge on any atom is 0.139 e. The number of unbranched alkanes of at least 4 members (excludes halogenated alkanes) is 3. The van der Waals surface area contributed by atoms with E-state index in [1.165, 1.54) is 44.9 Å². The molecule has 1 spiro atoms. The summed E-state index contributed by atoms with van der Waals surface area (Å²) in [5, 5.41) is 9.86. The lowest BCUT2D eigenvalue weighted by Crippen LogP contribution is -2.64. The van der Waals surface area contributed by atoms with Gasteiger partial charge in [-0.15, -0.1) is 0 Å². The van der Waals surface area contributed by atoms with E-state index >= 15 is 0 Å². The molecule has 2 heterocycles. The van der Waals surface area contributed by atoms with Crippen molar-refractivity contribution in [3.05, 3.63) is 0 Å². The molecule has 3 heteroatoms. The first-order valence-corrected chi connectivity index (χ1v) is 9.65. The second-order valence-corrected chi connectivity index (χ2v) is 7.86. The van der Waals surface area contributed by atoms with Gasteiger partial charge in [0.05, 0.1) is 6.61 Å². The van der Waals surface area contributed by atoms with Gasteiger partial charge in [-0.1, -0.05) is 45.4 Å². The lowest BCUT2D eigenvalue weighted by molar-refractivity contribution is -0.144. The third kappa shape index (κ3) is 2.75. The van der Waals surface area contributed by atoms with Gasteiger partial charge in [0.25, 0.3) is 0 Å². The average molecular weight is 307 g/mol. The molecule has 2 saturated heterocycles.